The fraction of sp³-hybridized carbons (Fsp3) is 0.238. The highest BCUT2D eigenvalue weighted by Crippen LogP contribution is 2.38. The molecule has 0 amide bonds. The molecule has 3 aromatic rings. The highest BCUT2D eigenvalue weighted by Gasteiger charge is 2.50. The molecule has 2 aromatic heterocycles. The summed E-state index contributed by atoms with van der Waals surface area (Å²) in [7, 11) is 1.81. The molecule has 0 aliphatic carbocycles. The van der Waals surface area contributed by atoms with Crippen LogP contribution in [0.15, 0.2) is 42.9 Å². The van der Waals surface area contributed by atoms with Gasteiger partial charge in [0.05, 0.1) is 24.0 Å². The maximum absolute atomic E-state index is 13.5. The number of ketones is 1. The first-order valence-electron chi connectivity index (χ1n) is 9.02. The molecule has 1 aromatic carbocycles. The van der Waals surface area contributed by atoms with Crippen LogP contribution in [0.5, 0.6) is 0 Å². The first-order chi connectivity index (χ1) is 13.8. The smallest absolute Gasteiger partial charge is 0.346 e. The van der Waals surface area contributed by atoms with E-state index in [-0.39, 0.29) is 6.42 Å². The number of aromatic amines is 1. The number of Topliss-reactive ketones (excluding diaryl/α,β-unsaturated/α-hetero) is 1. The van der Waals surface area contributed by atoms with Gasteiger partial charge in [0.25, 0.3) is 0 Å². The van der Waals surface area contributed by atoms with Crippen LogP contribution >= 0.6 is 0 Å². The van der Waals surface area contributed by atoms with Crippen LogP contribution in [0.4, 0.5) is 0 Å². The molecular formula is C21H19N3O5. The van der Waals surface area contributed by atoms with E-state index in [1.165, 1.54) is 6.33 Å². The summed E-state index contributed by atoms with van der Waals surface area (Å²) >= 11 is 0. The van der Waals surface area contributed by atoms with Gasteiger partial charge in [-0.2, -0.15) is 0 Å². The number of nitrogens with zero attached hydrogens (tertiary/aromatic N) is 2. The van der Waals surface area contributed by atoms with Gasteiger partial charge in [-0.1, -0.05) is 12.1 Å². The Morgan fingerprint density at radius 3 is 2.48 bits per heavy atom. The summed E-state index contributed by atoms with van der Waals surface area (Å²) in [5.41, 5.74) is 3.31. The summed E-state index contributed by atoms with van der Waals surface area (Å²) in [6, 6.07) is 5.63. The van der Waals surface area contributed by atoms with Gasteiger partial charge < -0.3 is 19.0 Å². The molecule has 1 aliphatic heterocycles. The molecular weight excluding hydrogens is 374 g/mol. The third kappa shape index (κ3) is 3.12. The summed E-state index contributed by atoms with van der Waals surface area (Å²) in [6.45, 7) is 3.72. The van der Waals surface area contributed by atoms with E-state index in [9.17, 15) is 14.4 Å². The minimum atomic E-state index is -2.21. The van der Waals surface area contributed by atoms with Crippen molar-refractivity contribution in [3.63, 3.8) is 0 Å². The Hall–Kier alpha value is -3.68. The number of cyclic esters (lactones) is 2. The molecule has 3 heterocycles. The normalized spacial score (nSPS) is 15.8. The number of esters is 2. The van der Waals surface area contributed by atoms with Gasteiger partial charge in [-0.05, 0) is 25.5 Å². The number of aryl methyl sites for hydroxylation is 3. The maximum Gasteiger partial charge on any atom is 0.346 e. The standard InChI is InChI=1S/C21H19N3O5/c1-12-4-5-14-15(10-24(3)17(14)8-12)21(28-19(26)6-7-20(27)29-21)18(25)9-16-13(2)22-11-23-16/h4-8,10-11H,9H2,1-3H3,(H,22,23). The van der Waals surface area contributed by atoms with Crippen molar-refractivity contribution in [1.82, 2.24) is 14.5 Å². The highest BCUT2D eigenvalue weighted by molar-refractivity contribution is 6.02. The van der Waals surface area contributed by atoms with E-state index >= 15 is 0 Å². The molecule has 0 spiro atoms. The van der Waals surface area contributed by atoms with Crippen LogP contribution in [0, 0.1) is 13.8 Å². The lowest BCUT2D eigenvalue weighted by Gasteiger charge is -2.29. The van der Waals surface area contributed by atoms with Crippen LogP contribution in [-0.4, -0.2) is 32.3 Å². The van der Waals surface area contributed by atoms with E-state index in [0.29, 0.717) is 22.3 Å². The van der Waals surface area contributed by atoms with E-state index in [0.717, 1.165) is 23.2 Å². The minimum absolute atomic E-state index is 0.182. The van der Waals surface area contributed by atoms with Crippen molar-refractivity contribution in [1.29, 1.82) is 0 Å². The molecule has 148 valence electrons. The summed E-state index contributed by atoms with van der Waals surface area (Å²) in [4.78, 5) is 45.0. The lowest BCUT2D eigenvalue weighted by atomic mass is 9.96. The Bertz CT molecular complexity index is 1160. The number of H-pyrrole nitrogens is 1. The summed E-state index contributed by atoms with van der Waals surface area (Å²) < 4.78 is 12.8. The molecule has 8 heteroatoms. The number of nitrogens with one attached hydrogen (secondary N) is 1. The molecule has 29 heavy (non-hydrogen) atoms. The second-order valence-electron chi connectivity index (χ2n) is 7.04. The number of aromatic nitrogens is 3. The zero-order valence-corrected chi connectivity index (χ0v) is 16.2. The van der Waals surface area contributed by atoms with Crippen molar-refractivity contribution in [2.45, 2.75) is 26.1 Å². The van der Waals surface area contributed by atoms with Gasteiger partial charge in [0.2, 0.25) is 5.78 Å². The van der Waals surface area contributed by atoms with E-state index in [2.05, 4.69) is 9.97 Å². The maximum atomic E-state index is 13.5. The first-order valence-corrected chi connectivity index (χ1v) is 9.02. The molecule has 0 fully saturated rings. The second kappa shape index (κ2) is 6.73. The third-order valence-electron chi connectivity index (χ3n) is 4.97. The van der Waals surface area contributed by atoms with Crippen molar-refractivity contribution in [2.75, 3.05) is 0 Å². The Morgan fingerprint density at radius 2 is 1.86 bits per heavy atom. The van der Waals surface area contributed by atoms with E-state index < -0.39 is 23.5 Å². The molecule has 8 nitrogen and oxygen atoms in total. The Balaban J connectivity index is 1.92. The van der Waals surface area contributed by atoms with Crippen LogP contribution in [0.3, 0.4) is 0 Å². The van der Waals surface area contributed by atoms with Crippen LogP contribution in [0.25, 0.3) is 10.9 Å². The van der Waals surface area contributed by atoms with Crippen LogP contribution in [-0.2, 0) is 43.1 Å². The van der Waals surface area contributed by atoms with Gasteiger partial charge in [-0.15, -0.1) is 0 Å². The number of benzene rings is 1. The summed E-state index contributed by atoms with van der Waals surface area (Å²) in [6.07, 6.45) is 4.83. The number of hydrogen-bond acceptors (Lipinski definition) is 6. The molecule has 0 saturated heterocycles. The monoisotopic (exact) mass is 393 g/mol. The SMILES string of the molecule is Cc1ccc2c(C3(C(=O)Cc4nc[nH]c4C)OC(=O)C=CC(=O)O3)cn(C)c2c1. The van der Waals surface area contributed by atoms with Gasteiger partial charge in [0, 0.05) is 42.0 Å². The minimum Gasteiger partial charge on any atom is -0.407 e. The predicted molar refractivity (Wildman–Crippen MR) is 103 cm³/mol. The lowest BCUT2D eigenvalue weighted by Crippen LogP contribution is -2.44. The molecule has 0 radical (unpaired) electrons. The Labute approximate surface area is 166 Å². The number of fused-ring (bicyclic) bond motifs is 1. The van der Waals surface area contributed by atoms with Crippen molar-refractivity contribution in [3.05, 3.63) is 65.4 Å². The topological polar surface area (TPSA) is 103 Å². The van der Waals surface area contributed by atoms with E-state index in [1.54, 1.807) is 24.7 Å². The number of hydrogen-bond donors (Lipinski definition) is 1. The molecule has 0 atom stereocenters. The largest absolute Gasteiger partial charge is 0.407 e. The van der Waals surface area contributed by atoms with E-state index in [4.69, 9.17) is 9.47 Å². The third-order valence-corrected chi connectivity index (χ3v) is 4.97. The zero-order chi connectivity index (χ0) is 20.8. The van der Waals surface area contributed by atoms with Gasteiger partial charge in [-0.3, -0.25) is 4.79 Å². The van der Waals surface area contributed by atoms with Crippen molar-refractivity contribution >= 4 is 28.6 Å². The van der Waals surface area contributed by atoms with Crippen molar-refractivity contribution in [3.8, 4) is 0 Å². The van der Waals surface area contributed by atoms with Crippen LogP contribution in [0.1, 0.15) is 22.5 Å². The molecule has 1 aliphatic rings. The molecule has 4 rings (SSSR count). The lowest BCUT2D eigenvalue weighted by molar-refractivity contribution is -0.222. The van der Waals surface area contributed by atoms with Gasteiger partial charge in [-0.25, -0.2) is 14.6 Å². The van der Waals surface area contributed by atoms with Gasteiger partial charge in [0.1, 0.15) is 0 Å². The first kappa shape index (κ1) is 18.7. The molecule has 0 saturated carbocycles. The second-order valence-corrected chi connectivity index (χ2v) is 7.04. The average molecular weight is 393 g/mol. The number of imidazole rings is 1. The van der Waals surface area contributed by atoms with Crippen molar-refractivity contribution in [2.24, 2.45) is 7.05 Å². The molecule has 1 N–H and O–H groups in total. The van der Waals surface area contributed by atoms with Gasteiger partial charge >= 0.3 is 17.7 Å². The van der Waals surface area contributed by atoms with Gasteiger partial charge in [0.15, 0.2) is 0 Å². The van der Waals surface area contributed by atoms with Crippen LogP contribution in [0.2, 0.25) is 0 Å². The average Bonchev–Trinajstić information content (AvgIpc) is 3.17. The number of carbonyl (C=O) groups is 3. The fourth-order valence-electron chi connectivity index (χ4n) is 3.47. The molecule has 0 bridgehead atoms. The Kier molecular flexibility index (Phi) is 4.34. The van der Waals surface area contributed by atoms with Crippen molar-refractivity contribution < 1.29 is 23.9 Å². The molecule has 0 unspecified atom stereocenters. The van der Waals surface area contributed by atoms with Crippen LogP contribution < -0.4 is 0 Å². The zero-order valence-electron chi connectivity index (χ0n) is 16.2. The summed E-state index contributed by atoms with van der Waals surface area (Å²) in [5.74, 6) is -4.50. The predicted octanol–water partition coefficient (Wildman–Crippen LogP) is 2.14. The fourth-order valence-corrected chi connectivity index (χ4v) is 3.47. The number of ether oxygens (including phenoxy) is 2. The number of rotatable bonds is 4. The summed E-state index contributed by atoms with van der Waals surface area (Å²) in [5, 5.41) is 0.646. The quantitative estimate of drug-likeness (QED) is 0.681. The van der Waals surface area contributed by atoms with E-state index in [1.807, 2.05) is 25.1 Å². The highest BCUT2D eigenvalue weighted by atomic mass is 16.7. The number of carbonyl (C=O) groups excluding carboxylic acids is 3. The Morgan fingerprint density at radius 1 is 1.17 bits per heavy atom.